The van der Waals surface area contributed by atoms with Crippen LogP contribution in [0.25, 0.3) is 11.2 Å². The summed E-state index contributed by atoms with van der Waals surface area (Å²) in [6, 6.07) is 3.46. The number of Topliss-reactive ketones (excluding diaryl/α,β-unsaturated/α-hetero) is 1. The maximum atomic E-state index is 12.1. The van der Waals surface area contributed by atoms with Crippen molar-refractivity contribution in [2.45, 2.75) is 6.54 Å². The van der Waals surface area contributed by atoms with Gasteiger partial charge in [0, 0.05) is 6.20 Å². The molecule has 0 spiro atoms. The van der Waals surface area contributed by atoms with Crippen molar-refractivity contribution in [3.05, 3.63) is 35.6 Å². The number of anilines is 1. The number of imidazole rings is 1. The van der Waals surface area contributed by atoms with E-state index >= 15 is 0 Å². The van der Waals surface area contributed by atoms with Crippen molar-refractivity contribution in [3.63, 3.8) is 0 Å². The Bertz CT molecular complexity index is 765. The fourth-order valence-electron chi connectivity index (χ4n) is 1.88. The average molecular weight is 292 g/mol. The third kappa shape index (κ3) is 2.10. The van der Waals surface area contributed by atoms with Crippen LogP contribution < -0.4 is 11.3 Å². The highest BCUT2D eigenvalue weighted by Gasteiger charge is 2.15. The molecule has 0 unspecified atom stereocenters. The molecule has 0 bridgehead atoms. The highest BCUT2D eigenvalue weighted by molar-refractivity contribution is 6.28. The van der Waals surface area contributed by atoms with Crippen LogP contribution in [-0.4, -0.2) is 30.3 Å². The van der Waals surface area contributed by atoms with Crippen molar-refractivity contribution in [3.8, 4) is 0 Å². The van der Waals surface area contributed by atoms with Crippen LogP contribution in [0.2, 0.25) is 5.28 Å². The highest BCUT2D eigenvalue weighted by atomic mass is 35.5. The molecule has 8 nitrogen and oxygen atoms in total. The lowest BCUT2D eigenvalue weighted by Gasteiger charge is -2.04. The average Bonchev–Trinajstić information content (AvgIpc) is 3.08. The number of aromatic nitrogens is 5. The summed E-state index contributed by atoms with van der Waals surface area (Å²) in [5.74, 6) is 5.57. The Balaban J connectivity index is 2.00. The number of nitrogens with two attached hydrogens (primary N) is 1. The van der Waals surface area contributed by atoms with Crippen molar-refractivity contribution in [2.75, 3.05) is 5.43 Å². The van der Waals surface area contributed by atoms with Gasteiger partial charge < -0.3 is 15.0 Å². The molecule has 0 aliphatic carbocycles. The second kappa shape index (κ2) is 4.91. The number of nitrogens with zero attached hydrogens (tertiary/aromatic N) is 4. The number of nitrogens with one attached hydrogen (secondary N) is 2. The largest absolute Gasteiger partial charge is 0.359 e. The molecule has 3 rings (SSSR count). The summed E-state index contributed by atoms with van der Waals surface area (Å²) in [7, 11) is 0. The Hall–Kier alpha value is -2.45. The molecule has 4 N–H and O–H groups in total. The second-order valence-corrected chi connectivity index (χ2v) is 4.38. The standard InChI is InChI=1S/C11H10ClN7O/c12-11-16-9(18-13)8-10(17-11)19(5-15-8)4-7(20)6-2-1-3-14-6/h1-3,5,14H,4,13H2,(H,16,17,18). The zero-order valence-corrected chi connectivity index (χ0v) is 10.9. The Morgan fingerprint density at radius 1 is 1.50 bits per heavy atom. The molecule has 0 aliphatic heterocycles. The summed E-state index contributed by atoms with van der Waals surface area (Å²) in [4.78, 5) is 27.0. The van der Waals surface area contributed by atoms with Crippen LogP contribution in [0.3, 0.4) is 0 Å². The van der Waals surface area contributed by atoms with Gasteiger partial charge >= 0.3 is 0 Å². The van der Waals surface area contributed by atoms with E-state index in [1.54, 1.807) is 22.9 Å². The minimum Gasteiger partial charge on any atom is -0.359 e. The summed E-state index contributed by atoms with van der Waals surface area (Å²) in [6.07, 6.45) is 3.19. The molecule has 3 heterocycles. The number of halogens is 1. The number of nitrogen functional groups attached to an aromatic ring is 1. The number of carbonyl (C=O) groups excluding carboxylic acids is 1. The van der Waals surface area contributed by atoms with Crippen LogP contribution in [0.4, 0.5) is 5.82 Å². The van der Waals surface area contributed by atoms with E-state index in [1.165, 1.54) is 6.33 Å². The molecule has 0 aromatic carbocycles. The van der Waals surface area contributed by atoms with Crippen LogP contribution in [0.5, 0.6) is 0 Å². The maximum absolute atomic E-state index is 12.1. The molecule has 9 heteroatoms. The van der Waals surface area contributed by atoms with Crippen molar-refractivity contribution < 1.29 is 4.79 Å². The van der Waals surface area contributed by atoms with E-state index in [4.69, 9.17) is 17.4 Å². The molecule has 0 fully saturated rings. The number of hydrogen-bond acceptors (Lipinski definition) is 6. The van der Waals surface area contributed by atoms with Gasteiger partial charge in [-0.2, -0.15) is 9.97 Å². The number of H-pyrrole nitrogens is 1. The fraction of sp³-hybridized carbons (Fsp3) is 0.0909. The molecule has 3 aromatic heterocycles. The molecule has 20 heavy (non-hydrogen) atoms. The molecule has 0 amide bonds. The lowest BCUT2D eigenvalue weighted by molar-refractivity contribution is 0.0969. The summed E-state index contributed by atoms with van der Waals surface area (Å²) in [6.45, 7) is 0.0916. The van der Waals surface area contributed by atoms with Gasteiger partial charge in [-0.1, -0.05) is 0 Å². The summed E-state index contributed by atoms with van der Waals surface area (Å²) in [5, 5.41) is 0.0273. The van der Waals surface area contributed by atoms with Crippen LogP contribution >= 0.6 is 11.6 Å². The number of ketones is 1. The minimum atomic E-state index is -0.0914. The van der Waals surface area contributed by atoms with Gasteiger partial charge in [0.05, 0.1) is 18.6 Å². The summed E-state index contributed by atoms with van der Waals surface area (Å²) in [5.41, 5.74) is 3.82. The molecular formula is C11H10ClN7O. The zero-order valence-electron chi connectivity index (χ0n) is 10.2. The predicted octanol–water partition coefficient (Wildman–Crippen LogP) is 0.976. The first-order valence-electron chi connectivity index (χ1n) is 5.70. The predicted molar refractivity (Wildman–Crippen MR) is 73.3 cm³/mol. The summed E-state index contributed by atoms with van der Waals surface area (Å²) >= 11 is 5.82. The van der Waals surface area contributed by atoms with Crippen molar-refractivity contribution >= 4 is 34.4 Å². The van der Waals surface area contributed by atoms with Crippen LogP contribution in [0.1, 0.15) is 10.5 Å². The lowest BCUT2D eigenvalue weighted by atomic mass is 10.3. The Morgan fingerprint density at radius 2 is 2.35 bits per heavy atom. The maximum Gasteiger partial charge on any atom is 0.226 e. The Kier molecular flexibility index (Phi) is 3.09. The first kappa shape index (κ1) is 12.6. The van der Waals surface area contributed by atoms with E-state index in [1.807, 2.05) is 0 Å². The van der Waals surface area contributed by atoms with E-state index in [0.29, 0.717) is 22.7 Å². The molecule has 0 radical (unpaired) electrons. The molecular weight excluding hydrogens is 282 g/mol. The first-order valence-corrected chi connectivity index (χ1v) is 6.08. The van der Waals surface area contributed by atoms with Crippen molar-refractivity contribution in [2.24, 2.45) is 5.84 Å². The molecule has 0 atom stereocenters. The number of hydrazine groups is 1. The van der Waals surface area contributed by atoms with E-state index in [9.17, 15) is 4.79 Å². The van der Waals surface area contributed by atoms with E-state index in [0.717, 1.165) is 0 Å². The number of fused-ring (bicyclic) bond motifs is 1. The van der Waals surface area contributed by atoms with E-state index in [-0.39, 0.29) is 17.6 Å². The third-order valence-electron chi connectivity index (χ3n) is 2.79. The second-order valence-electron chi connectivity index (χ2n) is 4.04. The highest BCUT2D eigenvalue weighted by Crippen LogP contribution is 2.20. The van der Waals surface area contributed by atoms with Crippen molar-refractivity contribution in [1.82, 2.24) is 24.5 Å². The minimum absolute atomic E-state index is 0.0273. The quantitative estimate of drug-likeness (QED) is 0.286. The van der Waals surface area contributed by atoms with Crippen molar-refractivity contribution in [1.29, 1.82) is 0 Å². The normalized spacial score (nSPS) is 10.9. The molecule has 0 saturated carbocycles. The molecule has 102 valence electrons. The van der Waals surface area contributed by atoms with Gasteiger partial charge in [-0.15, -0.1) is 0 Å². The molecule has 0 aliphatic rings. The first-order chi connectivity index (χ1) is 9.69. The van der Waals surface area contributed by atoms with Gasteiger partial charge in [-0.25, -0.2) is 10.8 Å². The fourth-order valence-corrected chi connectivity index (χ4v) is 2.04. The van der Waals surface area contributed by atoms with Crippen LogP contribution in [0, 0.1) is 0 Å². The number of carbonyl (C=O) groups is 1. The topological polar surface area (TPSA) is 115 Å². The monoisotopic (exact) mass is 291 g/mol. The molecule has 3 aromatic rings. The van der Waals surface area contributed by atoms with Gasteiger partial charge in [0.25, 0.3) is 0 Å². The van der Waals surface area contributed by atoms with E-state index < -0.39 is 0 Å². The van der Waals surface area contributed by atoms with Gasteiger partial charge in [0.1, 0.15) is 0 Å². The summed E-state index contributed by atoms with van der Waals surface area (Å²) < 4.78 is 1.59. The van der Waals surface area contributed by atoms with Gasteiger partial charge in [-0.05, 0) is 23.7 Å². The third-order valence-corrected chi connectivity index (χ3v) is 2.95. The van der Waals surface area contributed by atoms with Gasteiger partial charge in [-0.3, -0.25) is 4.79 Å². The van der Waals surface area contributed by atoms with Crippen LogP contribution in [0.15, 0.2) is 24.7 Å². The number of hydrogen-bond donors (Lipinski definition) is 3. The molecule has 0 saturated heterocycles. The zero-order chi connectivity index (χ0) is 14.1. The smallest absolute Gasteiger partial charge is 0.226 e. The van der Waals surface area contributed by atoms with Crippen LogP contribution in [-0.2, 0) is 6.54 Å². The SMILES string of the molecule is NNc1nc(Cl)nc2c1ncn2CC(=O)c1ccc[nH]1. The van der Waals surface area contributed by atoms with Gasteiger partial charge in [0.2, 0.25) is 5.28 Å². The Labute approximate surface area is 118 Å². The van der Waals surface area contributed by atoms with Gasteiger partial charge in [0.15, 0.2) is 22.8 Å². The number of rotatable bonds is 4. The number of aromatic amines is 1. The van der Waals surface area contributed by atoms with E-state index in [2.05, 4.69) is 25.4 Å². The Morgan fingerprint density at radius 3 is 3.05 bits per heavy atom. The lowest BCUT2D eigenvalue weighted by Crippen LogP contribution is -2.12.